The first-order chi connectivity index (χ1) is 10.6. The lowest BCUT2D eigenvalue weighted by molar-refractivity contribution is -0.114. The lowest BCUT2D eigenvalue weighted by atomic mass is 10.1. The number of thioether (sulfide) groups is 1. The first kappa shape index (κ1) is 16.2. The summed E-state index contributed by atoms with van der Waals surface area (Å²) in [5.74, 6) is 0.740. The predicted octanol–water partition coefficient (Wildman–Crippen LogP) is 1.92. The van der Waals surface area contributed by atoms with E-state index in [1.54, 1.807) is 36.0 Å². The molecule has 2 aromatic rings. The van der Waals surface area contributed by atoms with Crippen molar-refractivity contribution in [1.82, 2.24) is 20.2 Å². The minimum atomic E-state index is -0.130. The van der Waals surface area contributed by atoms with Crippen LogP contribution in [0, 0.1) is 0 Å². The van der Waals surface area contributed by atoms with Crippen molar-refractivity contribution in [3.05, 3.63) is 29.8 Å². The van der Waals surface area contributed by atoms with Gasteiger partial charge in [-0.25, -0.2) is 4.68 Å². The molecular formula is C14H17N5O2S. The number of hydrogen-bond acceptors (Lipinski definition) is 6. The van der Waals surface area contributed by atoms with Crippen molar-refractivity contribution in [2.75, 3.05) is 11.1 Å². The van der Waals surface area contributed by atoms with Crippen LogP contribution in [-0.2, 0) is 11.8 Å². The minimum Gasteiger partial charge on any atom is -0.326 e. The van der Waals surface area contributed by atoms with Gasteiger partial charge in [-0.3, -0.25) is 9.59 Å². The van der Waals surface area contributed by atoms with Crippen molar-refractivity contribution in [3.63, 3.8) is 0 Å². The van der Waals surface area contributed by atoms with Crippen molar-refractivity contribution in [1.29, 1.82) is 0 Å². The summed E-state index contributed by atoms with van der Waals surface area (Å²) in [6.45, 7) is 1.45. The summed E-state index contributed by atoms with van der Waals surface area (Å²) in [6.07, 6.45) is 1.22. The summed E-state index contributed by atoms with van der Waals surface area (Å²) in [7, 11) is 1.78. The van der Waals surface area contributed by atoms with E-state index in [-0.39, 0.29) is 11.7 Å². The second-order valence-corrected chi connectivity index (χ2v) is 5.78. The third kappa shape index (κ3) is 4.66. The van der Waals surface area contributed by atoms with E-state index in [4.69, 9.17) is 0 Å². The zero-order valence-corrected chi connectivity index (χ0v) is 13.3. The summed E-state index contributed by atoms with van der Waals surface area (Å²) in [5.41, 5.74) is 1.34. The number of Topliss-reactive ketones (excluding diaryl/α,β-unsaturated/α-hetero) is 1. The molecule has 0 unspecified atom stereocenters. The number of carbonyl (C=O) groups is 2. The van der Waals surface area contributed by atoms with Crippen molar-refractivity contribution >= 4 is 29.1 Å². The Bertz CT molecular complexity index is 654. The van der Waals surface area contributed by atoms with Crippen LogP contribution in [0.15, 0.2) is 29.4 Å². The Morgan fingerprint density at radius 1 is 1.27 bits per heavy atom. The molecule has 0 atom stereocenters. The average Bonchev–Trinajstić information content (AvgIpc) is 2.89. The van der Waals surface area contributed by atoms with E-state index in [1.807, 2.05) is 0 Å². The number of aromatic nitrogens is 4. The number of hydrogen-bond donors (Lipinski definition) is 1. The summed E-state index contributed by atoms with van der Waals surface area (Å²) >= 11 is 1.53. The Hall–Kier alpha value is -2.22. The van der Waals surface area contributed by atoms with Crippen LogP contribution in [0.3, 0.4) is 0 Å². The van der Waals surface area contributed by atoms with Crippen LogP contribution in [0.25, 0.3) is 0 Å². The van der Waals surface area contributed by atoms with Crippen molar-refractivity contribution in [2.45, 2.75) is 24.9 Å². The molecule has 1 N–H and O–H groups in total. The highest BCUT2D eigenvalue weighted by molar-refractivity contribution is 7.99. The summed E-state index contributed by atoms with van der Waals surface area (Å²) in [4.78, 5) is 23.0. The number of benzene rings is 1. The summed E-state index contributed by atoms with van der Waals surface area (Å²) in [6, 6.07) is 6.92. The standard InChI is InChI=1S/C14H17N5O2S/c1-10(20)15-12-7-5-11(6-8-12)13(21)4-3-9-22-14-16-17-18-19(14)2/h5-8H,3-4,9H2,1-2H3,(H,15,20). The molecule has 0 radical (unpaired) electrons. The molecule has 0 aliphatic heterocycles. The Kier molecular flexibility index (Phi) is 5.65. The van der Waals surface area contributed by atoms with Crippen LogP contribution in [0.4, 0.5) is 5.69 Å². The van der Waals surface area contributed by atoms with Gasteiger partial charge in [0.15, 0.2) is 5.78 Å². The van der Waals surface area contributed by atoms with E-state index in [1.165, 1.54) is 18.7 Å². The fourth-order valence-electron chi connectivity index (χ4n) is 1.83. The van der Waals surface area contributed by atoms with Crippen molar-refractivity contribution in [3.8, 4) is 0 Å². The molecular weight excluding hydrogens is 302 g/mol. The second-order valence-electron chi connectivity index (χ2n) is 4.72. The zero-order valence-electron chi connectivity index (χ0n) is 12.4. The van der Waals surface area contributed by atoms with Gasteiger partial charge < -0.3 is 5.32 Å². The normalized spacial score (nSPS) is 10.5. The number of rotatable bonds is 7. The number of anilines is 1. The summed E-state index contributed by atoms with van der Waals surface area (Å²) in [5, 5.41) is 14.6. The highest BCUT2D eigenvalue weighted by Gasteiger charge is 2.07. The Morgan fingerprint density at radius 2 is 2.00 bits per heavy atom. The molecule has 0 aliphatic carbocycles. The van der Waals surface area contributed by atoms with Gasteiger partial charge in [0.25, 0.3) is 0 Å². The highest BCUT2D eigenvalue weighted by atomic mass is 32.2. The third-order valence-corrected chi connectivity index (χ3v) is 3.98. The molecule has 0 saturated heterocycles. The fourth-order valence-corrected chi connectivity index (χ4v) is 2.62. The van der Waals surface area contributed by atoms with Gasteiger partial charge in [-0.1, -0.05) is 11.8 Å². The molecule has 0 saturated carbocycles. The monoisotopic (exact) mass is 319 g/mol. The van der Waals surface area contributed by atoms with E-state index in [9.17, 15) is 9.59 Å². The van der Waals surface area contributed by atoms with Gasteiger partial charge in [0.05, 0.1) is 0 Å². The molecule has 2 rings (SSSR count). The Labute approximate surface area is 132 Å². The lowest BCUT2D eigenvalue weighted by Crippen LogP contribution is -2.06. The molecule has 1 amide bonds. The average molecular weight is 319 g/mol. The van der Waals surface area contributed by atoms with Crippen LogP contribution < -0.4 is 5.32 Å². The van der Waals surface area contributed by atoms with E-state index in [2.05, 4.69) is 20.8 Å². The van der Waals surface area contributed by atoms with Crippen LogP contribution in [0.5, 0.6) is 0 Å². The second kappa shape index (κ2) is 7.69. The van der Waals surface area contributed by atoms with Crippen LogP contribution >= 0.6 is 11.8 Å². The quantitative estimate of drug-likeness (QED) is 0.476. The summed E-state index contributed by atoms with van der Waals surface area (Å²) < 4.78 is 1.60. The molecule has 0 bridgehead atoms. The molecule has 7 nitrogen and oxygen atoms in total. The number of nitrogens with zero attached hydrogens (tertiary/aromatic N) is 4. The SMILES string of the molecule is CC(=O)Nc1ccc(C(=O)CCCSc2nnnn2C)cc1. The van der Waals surface area contributed by atoms with E-state index < -0.39 is 0 Å². The van der Waals surface area contributed by atoms with Gasteiger partial charge in [0.1, 0.15) is 0 Å². The van der Waals surface area contributed by atoms with Gasteiger partial charge in [0.2, 0.25) is 11.1 Å². The molecule has 8 heteroatoms. The fraction of sp³-hybridized carbons (Fsp3) is 0.357. The minimum absolute atomic E-state index is 0.0889. The van der Waals surface area contributed by atoms with Gasteiger partial charge in [-0.15, -0.1) is 5.10 Å². The molecule has 1 aromatic carbocycles. The molecule has 0 spiro atoms. The maximum absolute atomic E-state index is 12.1. The highest BCUT2D eigenvalue weighted by Crippen LogP contribution is 2.16. The molecule has 0 aliphatic rings. The number of aryl methyl sites for hydroxylation is 1. The number of carbonyl (C=O) groups excluding carboxylic acids is 2. The van der Waals surface area contributed by atoms with Crippen LogP contribution in [0.2, 0.25) is 0 Å². The maximum atomic E-state index is 12.1. The molecule has 116 valence electrons. The smallest absolute Gasteiger partial charge is 0.221 e. The Morgan fingerprint density at radius 3 is 2.59 bits per heavy atom. The van der Waals surface area contributed by atoms with Gasteiger partial charge >= 0.3 is 0 Å². The van der Waals surface area contributed by atoms with E-state index >= 15 is 0 Å². The van der Waals surface area contributed by atoms with E-state index in [0.717, 1.165) is 17.3 Å². The van der Waals surface area contributed by atoms with Gasteiger partial charge in [-0.2, -0.15) is 0 Å². The van der Waals surface area contributed by atoms with Gasteiger partial charge in [0, 0.05) is 37.4 Å². The van der Waals surface area contributed by atoms with Crippen LogP contribution in [-0.4, -0.2) is 37.7 Å². The number of tetrazole rings is 1. The number of amides is 1. The van der Waals surface area contributed by atoms with Crippen molar-refractivity contribution in [2.24, 2.45) is 7.05 Å². The maximum Gasteiger partial charge on any atom is 0.221 e. The molecule has 0 fully saturated rings. The van der Waals surface area contributed by atoms with Crippen LogP contribution in [0.1, 0.15) is 30.1 Å². The Balaban J connectivity index is 1.77. The predicted molar refractivity (Wildman–Crippen MR) is 83.8 cm³/mol. The van der Waals surface area contributed by atoms with Crippen molar-refractivity contribution < 1.29 is 9.59 Å². The molecule has 1 aromatic heterocycles. The van der Waals surface area contributed by atoms with Gasteiger partial charge in [-0.05, 0) is 41.1 Å². The molecule has 1 heterocycles. The van der Waals surface area contributed by atoms with E-state index in [0.29, 0.717) is 17.7 Å². The number of ketones is 1. The lowest BCUT2D eigenvalue weighted by Gasteiger charge is -2.04. The first-order valence-electron chi connectivity index (χ1n) is 6.82. The largest absolute Gasteiger partial charge is 0.326 e. The zero-order chi connectivity index (χ0) is 15.9. The third-order valence-electron chi connectivity index (χ3n) is 2.89. The first-order valence-corrected chi connectivity index (χ1v) is 7.81. The number of nitrogens with one attached hydrogen (secondary N) is 1. The molecule has 22 heavy (non-hydrogen) atoms. The topological polar surface area (TPSA) is 89.8 Å².